The fourth-order valence-electron chi connectivity index (χ4n) is 1.42. The van der Waals surface area contributed by atoms with E-state index in [0.717, 1.165) is 5.56 Å². The van der Waals surface area contributed by atoms with Gasteiger partial charge in [-0.25, -0.2) is 0 Å². The van der Waals surface area contributed by atoms with Crippen molar-refractivity contribution in [2.45, 2.75) is 12.8 Å². The van der Waals surface area contributed by atoms with E-state index in [1.165, 1.54) is 12.1 Å². The zero-order chi connectivity index (χ0) is 16.6. The van der Waals surface area contributed by atoms with Crippen LogP contribution in [0.5, 0.6) is 0 Å². The Bertz CT molecular complexity index is 613. The quantitative estimate of drug-likeness (QED) is 0.898. The topological polar surface area (TPSA) is 74.6 Å². The summed E-state index contributed by atoms with van der Waals surface area (Å²) in [5.74, 6) is -2.25. The lowest BCUT2D eigenvalue weighted by Gasteiger charge is -1.92. The minimum Gasteiger partial charge on any atom is -0.481 e. The molecule has 0 heterocycles. The fraction of sp³-hybridized carbons (Fsp3) is 0.125. The van der Waals surface area contributed by atoms with Gasteiger partial charge in [0.15, 0.2) is 0 Å². The van der Waals surface area contributed by atoms with Crippen molar-refractivity contribution >= 4 is 11.9 Å². The van der Waals surface area contributed by atoms with Gasteiger partial charge in [0.1, 0.15) is 0 Å². The first kappa shape index (κ1) is 12.4. The first-order valence-electron chi connectivity index (χ1n) is 6.88. The summed E-state index contributed by atoms with van der Waals surface area (Å²) in [5.41, 5.74) is 1.01. The molecule has 4 nitrogen and oxygen atoms in total. The Hall–Kier alpha value is -2.62. The molecule has 0 unspecified atom stereocenters. The second-order valence-corrected chi connectivity index (χ2v) is 3.85. The van der Waals surface area contributed by atoms with E-state index in [2.05, 4.69) is 0 Å². The SMILES string of the molecule is O=C(O)Cc1ccccc1.[2H]C([2H])(C(=O)O)c1ccccc1. The van der Waals surface area contributed by atoms with Crippen LogP contribution in [-0.4, -0.2) is 22.2 Å². The normalized spacial score (nSPS) is 11.4. The molecule has 0 radical (unpaired) electrons. The van der Waals surface area contributed by atoms with Gasteiger partial charge in [0, 0.05) is 2.74 Å². The number of rotatable bonds is 4. The molecule has 2 rings (SSSR count). The molecule has 104 valence electrons. The van der Waals surface area contributed by atoms with E-state index >= 15 is 0 Å². The van der Waals surface area contributed by atoms with E-state index in [1.54, 1.807) is 30.3 Å². The zero-order valence-corrected chi connectivity index (χ0v) is 10.7. The van der Waals surface area contributed by atoms with Crippen molar-refractivity contribution in [3.8, 4) is 0 Å². The molecule has 0 amide bonds. The number of carbonyl (C=O) groups is 2. The van der Waals surface area contributed by atoms with Gasteiger partial charge in [0.05, 0.1) is 12.8 Å². The van der Waals surface area contributed by atoms with Crippen LogP contribution >= 0.6 is 0 Å². The second kappa shape index (κ2) is 8.48. The Labute approximate surface area is 120 Å². The van der Waals surface area contributed by atoms with Crippen LogP contribution in [-0.2, 0) is 22.4 Å². The molecular formula is C16H16O4. The highest BCUT2D eigenvalue weighted by molar-refractivity contribution is 5.70. The van der Waals surface area contributed by atoms with E-state index in [4.69, 9.17) is 13.0 Å². The summed E-state index contributed by atoms with van der Waals surface area (Å²) >= 11 is 0. The van der Waals surface area contributed by atoms with Crippen LogP contribution in [0, 0.1) is 0 Å². The molecule has 20 heavy (non-hydrogen) atoms. The highest BCUT2D eigenvalue weighted by Gasteiger charge is 1.97. The second-order valence-electron chi connectivity index (χ2n) is 3.85. The van der Waals surface area contributed by atoms with Gasteiger partial charge in [0.2, 0.25) is 0 Å². The predicted molar refractivity (Wildman–Crippen MR) is 75.6 cm³/mol. The largest absolute Gasteiger partial charge is 0.481 e. The summed E-state index contributed by atoms with van der Waals surface area (Å²) in [4.78, 5) is 20.6. The summed E-state index contributed by atoms with van der Waals surface area (Å²) in [6, 6.07) is 17.0. The molecular weight excluding hydrogens is 256 g/mol. The molecule has 0 aromatic heterocycles. The molecule has 0 fully saturated rings. The minimum absolute atomic E-state index is 0.112. The van der Waals surface area contributed by atoms with Gasteiger partial charge in [-0.2, -0.15) is 0 Å². The molecule has 2 aromatic carbocycles. The Morgan fingerprint density at radius 1 is 0.800 bits per heavy atom. The average Bonchev–Trinajstić information content (AvgIpc) is 2.49. The van der Waals surface area contributed by atoms with Gasteiger partial charge in [-0.1, -0.05) is 60.7 Å². The third-order valence-electron chi connectivity index (χ3n) is 2.22. The molecule has 4 heteroatoms. The van der Waals surface area contributed by atoms with Gasteiger partial charge in [0.25, 0.3) is 0 Å². The summed E-state index contributed by atoms with van der Waals surface area (Å²) in [6.07, 6.45) is -2.18. The maximum absolute atomic E-state index is 10.4. The third-order valence-corrected chi connectivity index (χ3v) is 2.22. The predicted octanol–water partition coefficient (Wildman–Crippen LogP) is 2.63. The molecule has 0 spiro atoms. The summed E-state index contributed by atoms with van der Waals surface area (Å²) in [5, 5.41) is 16.9. The van der Waals surface area contributed by atoms with Crippen molar-refractivity contribution in [2.75, 3.05) is 0 Å². The highest BCUT2D eigenvalue weighted by Crippen LogP contribution is 1.99. The van der Waals surface area contributed by atoms with Crippen LogP contribution < -0.4 is 0 Å². The van der Waals surface area contributed by atoms with E-state index in [1.807, 2.05) is 18.2 Å². The summed E-state index contributed by atoms with van der Waals surface area (Å²) in [6.45, 7) is 0. The standard InChI is InChI=1S/2C8H8O2/c2*9-8(10)6-7-4-2-1-3-5-7/h2*1-5H,6H2,(H,9,10)/i6D2;. The maximum atomic E-state index is 10.4. The molecule has 0 saturated carbocycles. The monoisotopic (exact) mass is 274 g/mol. The minimum atomic E-state index is -2.29. The van der Waals surface area contributed by atoms with Crippen molar-refractivity contribution in [3.05, 3.63) is 71.8 Å². The van der Waals surface area contributed by atoms with Crippen LogP contribution in [0.3, 0.4) is 0 Å². The van der Waals surface area contributed by atoms with Crippen LogP contribution in [0.2, 0.25) is 0 Å². The van der Waals surface area contributed by atoms with Crippen LogP contribution in [0.1, 0.15) is 13.9 Å². The zero-order valence-electron chi connectivity index (χ0n) is 12.7. The molecule has 0 aliphatic rings. The Kier molecular flexibility index (Phi) is 5.26. The molecule has 0 saturated heterocycles. The van der Waals surface area contributed by atoms with E-state index in [9.17, 15) is 9.59 Å². The highest BCUT2D eigenvalue weighted by atomic mass is 16.4. The van der Waals surface area contributed by atoms with Gasteiger partial charge in [-0.3, -0.25) is 9.59 Å². The average molecular weight is 274 g/mol. The molecule has 0 aliphatic heterocycles. The number of hydrogen-bond donors (Lipinski definition) is 2. The number of benzene rings is 2. The molecule has 0 aliphatic carbocycles. The number of hydrogen-bond acceptors (Lipinski definition) is 2. The molecule has 0 bridgehead atoms. The molecule has 2 aromatic rings. The smallest absolute Gasteiger partial charge is 0.307 e. The first-order chi connectivity index (χ1) is 10.3. The number of aliphatic carboxylic acids is 2. The van der Waals surface area contributed by atoms with Crippen LogP contribution in [0.15, 0.2) is 60.7 Å². The van der Waals surface area contributed by atoms with Crippen molar-refractivity contribution in [1.82, 2.24) is 0 Å². The lowest BCUT2D eigenvalue weighted by molar-refractivity contribution is -0.137. The summed E-state index contributed by atoms with van der Waals surface area (Å²) < 4.78 is 14.4. The molecule has 0 atom stereocenters. The van der Waals surface area contributed by atoms with Crippen molar-refractivity contribution in [1.29, 1.82) is 0 Å². The van der Waals surface area contributed by atoms with Crippen molar-refractivity contribution in [3.63, 3.8) is 0 Å². The van der Waals surface area contributed by atoms with E-state index in [0.29, 0.717) is 0 Å². The first-order valence-corrected chi connectivity index (χ1v) is 5.88. The van der Waals surface area contributed by atoms with Gasteiger partial charge < -0.3 is 10.2 Å². The Balaban J connectivity index is 0.000000224. The lowest BCUT2D eigenvalue weighted by Crippen LogP contribution is -1.98. The summed E-state index contributed by atoms with van der Waals surface area (Å²) in [7, 11) is 0. The Morgan fingerprint density at radius 3 is 1.65 bits per heavy atom. The number of carboxylic acid groups (broad SMARTS) is 2. The fourth-order valence-corrected chi connectivity index (χ4v) is 1.42. The van der Waals surface area contributed by atoms with Crippen LogP contribution in [0.25, 0.3) is 0 Å². The lowest BCUT2D eigenvalue weighted by atomic mass is 10.2. The number of carboxylic acids is 2. The van der Waals surface area contributed by atoms with E-state index in [-0.39, 0.29) is 12.0 Å². The van der Waals surface area contributed by atoms with Gasteiger partial charge in [-0.05, 0) is 11.1 Å². The maximum Gasteiger partial charge on any atom is 0.307 e. The van der Waals surface area contributed by atoms with Crippen LogP contribution in [0.4, 0.5) is 0 Å². The molecule has 2 N–H and O–H groups in total. The third kappa shape index (κ3) is 6.96. The van der Waals surface area contributed by atoms with Gasteiger partial charge >= 0.3 is 11.9 Å². The Morgan fingerprint density at radius 2 is 1.25 bits per heavy atom. The van der Waals surface area contributed by atoms with Crippen molar-refractivity contribution < 1.29 is 22.5 Å². The van der Waals surface area contributed by atoms with Crippen molar-refractivity contribution in [2.24, 2.45) is 0 Å². The van der Waals surface area contributed by atoms with E-state index < -0.39 is 18.3 Å². The van der Waals surface area contributed by atoms with Gasteiger partial charge in [-0.15, -0.1) is 0 Å².